The summed E-state index contributed by atoms with van der Waals surface area (Å²) in [4.78, 5) is 25.4. The molecule has 1 unspecified atom stereocenters. The van der Waals surface area contributed by atoms with Crippen LogP contribution in [0.15, 0.2) is 10.4 Å². The second-order valence-electron chi connectivity index (χ2n) is 7.76. The van der Waals surface area contributed by atoms with Crippen LogP contribution in [0, 0.1) is 0 Å². The lowest BCUT2D eigenvalue weighted by Gasteiger charge is -2.23. The summed E-state index contributed by atoms with van der Waals surface area (Å²) in [5.74, 6) is 0.852. The molecule has 0 spiro atoms. The van der Waals surface area contributed by atoms with Crippen LogP contribution in [-0.4, -0.2) is 67.3 Å². The number of nitrogens with one attached hydrogen (secondary N) is 2. The molecule has 1 fully saturated rings. The number of aromatic nitrogens is 1. The third-order valence-corrected chi connectivity index (χ3v) is 4.91. The monoisotopic (exact) mass is 524 g/mol. The Morgan fingerprint density at radius 2 is 2.18 bits per heavy atom. The Bertz CT molecular complexity index is 659. The summed E-state index contributed by atoms with van der Waals surface area (Å²) in [5, 5.41) is 9.30. The molecule has 1 aromatic rings. The van der Waals surface area contributed by atoms with Crippen molar-refractivity contribution in [2.24, 2.45) is 4.99 Å². The summed E-state index contributed by atoms with van der Waals surface area (Å²) in [6.07, 6.45) is 0.500. The Kier molecular flexibility index (Phi) is 9.75. The van der Waals surface area contributed by atoms with Gasteiger partial charge in [-0.25, -0.2) is 14.8 Å². The van der Waals surface area contributed by atoms with Gasteiger partial charge in [0.05, 0.1) is 18.3 Å². The van der Waals surface area contributed by atoms with Crippen LogP contribution in [-0.2, 0) is 11.3 Å². The number of hydrogen-bond donors (Lipinski definition) is 2. The van der Waals surface area contributed by atoms with Crippen LogP contribution in [0.4, 0.5) is 9.93 Å². The van der Waals surface area contributed by atoms with Gasteiger partial charge in [-0.05, 0) is 34.1 Å². The van der Waals surface area contributed by atoms with E-state index < -0.39 is 5.60 Å². The van der Waals surface area contributed by atoms with Crippen LogP contribution in [0.5, 0.6) is 0 Å². The van der Waals surface area contributed by atoms with E-state index in [2.05, 4.69) is 27.4 Å². The molecule has 1 aliphatic rings. The molecular formula is C18H33IN6O2S. The molecule has 1 aromatic heterocycles. The van der Waals surface area contributed by atoms with Crippen LogP contribution in [0.1, 0.15) is 39.8 Å². The summed E-state index contributed by atoms with van der Waals surface area (Å²) < 4.78 is 5.34. The maximum absolute atomic E-state index is 12.0. The molecule has 1 atom stereocenters. The largest absolute Gasteiger partial charge is 0.444 e. The summed E-state index contributed by atoms with van der Waals surface area (Å²) >= 11 is 1.62. The highest BCUT2D eigenvalue weighted by molar-refractivity contribution is 14.0. The van der Waals surface area contributed by atoms with Gasteiger partial charge in [0.15, 0.2) is 11.1 Å². The minimum Gasteiger partial charge on any atom is -0.444 e. The Morgan fingerprint density at radius 3 is 2.75 bits per heavy atom. The highest BCUT2D eigenvalue weighted by atomic mass is 127. The number of rotatable bonds is 5. The van der Waals surface area contributed by atoms with Crippen molar-refractivity contribution in [2.75, 3.05) is 38.6 Å². The molecule has 2 N–H and O–H groups in total. The SMILES string of the molecule is CCNC(=NCc1csc(N(C)C)n1)N1CCC(NC(=O)OC(C)(C)C)C1.I. The van der Waals surface area contributed by atoms with Crippen molar-refractivity contribution in [1.29, 1.82) is 0 Å². The van der Waals surface area contributed by atoms with Crippen LogP contribution in [0.2, 0.25) is 0 Å². The zero-order chi connectivity index (χ0) is 20.0. The molecule has 0 bridgehead atoms. The number of carbonyl (C=O) groups is 1. The quantitative estimate of drug-likeness (QED) is 0.350. The number of hydrogen-bond acceptors (Lipinski definition) is 6. The van der Waals surface area contributed by atoms with Crippen molar-refractivity contribution in [2.45, 2.75) is 52.3 Å². The fourth-order valence-electron chi connectivity index (χ4n) is 2.70. The molecule has 28 heavy (non-hydrogen) atoms. The van der Waals surface area contributed by atoms with Crippen LogP contribution in [0.25, 0.3) is 0 Å². The van der Waals surface area contributed by atoms with Gasteiger partial charge in [0.25, 0.3) is 0 Å². The topological polar surface area (TPSA) is 82.1 Å². The Hall–Kier alpha value is -1.30. The fourth-order valence-corrected chi connectivity index (χ4v) is 3.45. The van der Waals surface area contributed by atoms with E-state index in [1.165, 1.54) is 0 Å². The standard InChI is InChI=1S/C18H32N6O2S.HI/c1-7-19-15(20-10-14-12-27-16(21-14)23(5)6)24-9-8-13(11-24)22-17(25)26-18(2,3)4;/h12-13H,7-11H2,1-6H3,(H,19,20)(H,22,25);1H. The number of ether oxygens (including phenoxy) is 1. The normalized spacial score (nSPS) is 17.1. The summed E-state index contributed by atoms with van der Waals surface area (Å²) in [5.41, 5.74) is 0.472. The molecule has 10 heteroatoms. The fraction of sp³-hybridized carbons (Fsp3) is 0.722. The second kappa shape index (κ2) is 11.0. The van der Waals surface area contributed by atoms with E-state index in [-0.39, 0.29) is 36.1 Å². The third kappa shape index (κ3) is 7.98. The van der Waals surface area contributed by atoms with Gasteiger partial charge >= 0.3 is 6.09 Å². The van der Waals surface area contributed by atoms with Crippen molar-refractivity contribution in [3.05, 3.63) is 11.1 Å². The van der Waals surface area contributed by atoms with Gasteiger partial charge in [-0.1, -0.05) is 0 Å². The lowest BCUT2D eigenvalue weighted by Crippen LogP contribution is -2.44. The van der Waals surface area contributed by atoms with Crippen molar-refractivity contribution in [3.8, 4) is 0 Å². The zero-order valence-electron chi connectivity index (χ0n) is 17.6. The van der Waals surface area contributed by atoms with Crippen LogP contribution < -0.4 is 15.5 Å². The van der Waals surface area contributed by atoms with Gasteiger partial charge in [-0.3, -0.25) is 0 Å². The van der Waals surface area contributed by atoms with Crippen LogP contribution >= 0.6 is 35.3 Å². The number of nitrogens with zero attached hydrogens (tertiary/aromatic N) is 4. The number of guanidine groups is 1. The Morgan fingerprint density at radius 1 is 1.46 bits per heavy atom. The maximum Gasteiger partial charge on any atom is 0.407 e. The molecule has 1 aliphatic heterocycles. The number of halogens is 1. The lowest BCUT2D eigenvalue weighted by molar-refractivity contribution is 0.0507. The first-order valence-electron chi connectivity index (χ1n) is 9.32. The number of likely N-dealkylation sites (tertiary alicyclic amines) is 1. The number of amides is 1. The highest BCUT2D eigenvalue weighted by Crippen LogP contribution is 2.19. The molecule has 2 heterocycles. The molecule has 160 valence electrons. The Balaban J connectivity index is 0.00000392. The van der Waals surface area contributed by atoms with Gasteiger partial charge < -0.3 is 25.2 Å². The molecule has 1 amide bonds. The number of thiazole rings is 1. The third-order valence-electron chi connectivity index (χ3n) is 3.86. The average Bonchev–Trinajstić information content (AvgIpc) is 3.19. The van der Waals surface area contributed by atoms with Crippen LogP contribution in [0.3, 0.4) is 0 Å². The van der Waals surface area contributed by atoms with Gasteiger partial charge in [0.1, 0.15) is 5.60 Å². The molecule has 0 saturated carbocycles. The molecular weight excluding hydrogens is 491 g/mol. The predicted octanol–water partition coefficient (Wildman–Crippen LogP) is 2.89. The number of anilines is 1. The van der Waals surface area contributed by atoms with Gasteiger partial charge in [0.2, 0.25) is 0 Å². The first kappa shape index (κ1) is 24.7. The van der Waals surface area contributed by atoms with E-state index in [1.807, 2.05) is 45.1 Å². The molecule has 0 radical (unpaired) electrons. The second-order valence-corrected chi connectivity index (χ2v) is 8.60. The van der Waals surface area contributed by atoms with E-state index >= 15 is 0 Å². The van der Waals surface area contributed by atoms with E-state index in [0.717, 1.165) is 36.3 Å². The Labute approximate surface area is 189 Å². The van der Waals surface area contributed by atoms with Crippen molar-refractivity contribution < 1.29 is 9.53 Å². The number of aliphatic imine (C=N–C) groups is 1. The van der Waals surface area contributed by atoms with Gasteiger partial charge in [0, 0.05) is 39.1 Å². The number of carbonyl (C=O) groups excluding carboxylic acids is 1. The minimum atomic E-state index is -0.488. The van der Waals surface area contributed by atoms with Crippen molar-refractivity contribution in [1.82, 2.24) is 20.5 Å². The van der Waals surface area contributed by atoms with E-state index in [4.69, 9.17) is 9.73 Å². The predicted molar refractivity (Wildman–Crippen MR) is 126 cm³/mol. The van der Waals surface area contributed by atoms with Gasteiger partial charge in [-0.15, -0.1) is 35.3 Å². The van der Waals surface area contributed by atoms with E-state index in [0.29, 0.717) is 13.1 Å². The summed E-state index contributed by atoms with van der Waals surface area (Å²) in [6, 6.07) is 0.0586. The smallest absolute Gasteiger partial charge is 0.407 e. The lowest BCUT2D eigenvalue weighted by atomic mass is 10.2. The molecule has 8 nitrogen and oxygen atoms in total. The van der Waals surface area contributed by atoms with E-state index in [1.54, 1.807) is 11.3 Å². The molecule has 1 saturated heterocycles. The molecule has 0 aromatic carbocycles. The minimum absolute atomic E-state index is 0. The first-order chi connectivity index (χ1) is 12.7. The maximum atomic E-state index is 12.0. The first-order valence-corrected chi connectivity index (χ1v) is 10.2. The van der Waals surface area contributed by atoms with Gasteiger partial charge in [-0.2, -0.15) is 0 Å². The highest BCUT2D eigenvalue weighted by Gasteiger charge is 2.27. The van der Waals surface area contributed by atoms with E-state index in [9.17, 15) is 4.79 Å². The van der Waals surface area contributed by atoms with Crippen molar-refractivity contribution in [3.63, 3.8) is 0 Å². The molecule has 0 aliphatic carbocycles. The summed E-state index contributed by atoms with van der Waals surface area (Å²) in [7, 11) is 3.97. The zero-order valence-corrected chi connectivity index (χ0v) is 20.8. The number of alkyl carbamates (subject to hydrolysis) is 1. The summed E-state index contributed by atoms with van der Waals surface area (Å²) in [6.45, 7) is 10.5. The van der Waals surface area contributed by atoms with Crippen molar-refractivity contribution >= 4 is 52.5 Å². The molecule has 2 rings (SSSR count). The average molecular weight is 524 g/mol.